The first-order valence-electron chi connectivity index (χ1n) is 9.54. The molecule has 1 N–H and O–H groups in total. The van der Waals surface area contributed by atoms with Crippen LogP contribution in [0.25, 0.3) is 0 Å². The summed E-state index contributed by atoms with van der Waals surface area (Å²) in [5.74, 6) is 1.24. The van der Waals surface area contributed by atoms with Gasteiger partial charge in [0.05, 0.1) is 10.6 Å². The smallest absolute Gasteiger partial charge is 0.262 e. The van der Waals surface area contributed by atoms with E-state index in [0.29, 0.717) is 28.5 Å². The third-order valence-corrected chi connectivity index (χ3v) is 5.77. The lowest BCUT2D eigenvalue weighted by Gasteiger charge is -2.15. The Morgan fingerprint density at radius 2 is 1.61 bits per heavy atom. The molecule has 162 valence electrons. The molecule has 3 aromatic carbocycles. The second-order valence-corrected chi connectivity index (χ2v) is 8.70. The van der Waals surface area contributed by atoms with E-state index >= 15 is 0 Å². The molecule has 8 heteroatoms. The molecule has 0 saturated carbocycles. The van der Waals surface area contributed by atoms with Gasteiger partial charge < -0.3 is 14.4 Å². The van der Waals surface area contributed by atoms with Crippen molar-refractivity contribution < 1.29 is 22.7 Å². The van der Waals surface area contributed by atoms with Gasteiger partial charge in [-0.3, -0.25) is 9.52 Å². The highest BCUT2D eigenvalue weighted by Gasteiger charge is 2.18. The van der Waals surface area contributed by atoms with Gasteiger partial charge in [0, 0.05) is 14.1 Å². The molecule has 3 aromatic rings. The van der Waals surface area contributed by atoms with Gasteiger partial charge in [-0.25, -0.2) is 8.42 Å². The molecule has 0 aliphatic rings. The van der Waals surface area contributed by atoms with Crippen LogP contribution in [0.4, 0.5) is 5.69 Å². The number of ether oxygens (including phenoxy) is 2. The maximum absolute atomic E-state index is 13.0. The van der Waals surface area contributed by atoms with Crippen LogP contribution in [0, 0.1) is 6.92 Å². The summed E-state index contributed by atoms with van der Waals surface area (Å²) in [6.07, 6.45) is 0. The molecular weight excluding hydrogens is 416 g/mol. The molecule has 0 bridgehead atoms. The highest BCUT2D eigenvalue weighted by molar-refractivity contribution is 7.92. The molecule has 0 saturated heterocycles. The number of hydrogen-bond acceptors (Lipinski definition) is 5. The van der Waals surface area contributed by atoms with Crippen LogP contribution in [0.3, 0.4) is 0 Å². The van der Waals surface area contributed by atoms with Crippen LogP contribution in [0.1, 0.15) is 5.56 Å². The molecule has 31 heavy (non-hydrogen) atoms. The maximum Gasteiger partial charge on any atom is 0.262 e. The first-order valence-corrected chi connectivity index (χ1v) is 11.0. The molecular formula is C23H24N2O5S. The molecule has 0 atom stereocenters. The van der Waals surface area contributed by atoms with Gasteiger partial charge in [-0.15, -0.1) is 0 Å². The fourth-order valence-electron chi connectivity index (χ4n) is 2.68. The third-order valence-electron chi connectivity index (χ3n) is 4.41. The van der Waals surface area contributed by atoms with Gasteiger partial charge in [-0.05, 0) is 55.0 Å². The number of nitrogens with one attached hydrogen (secondary N) is 1. The number of amides is 1. The molecule has 0 heterocycles. The zero-order valence-electron chi connectivity index (χ0n) is 17.5. The van der Waals surface area contributed by atoms with Gasteiger partial charge in [-0.1, -0.05) is 30.3 Å². The summed E-state index contributed by atoms with van der Waals surface area (Å²) in [4.78, 5) is 13.2. The van der Waals surface area contributed by atoms with Crippen molar-refractivity contribution in [2.75, 3.05) is 25.4 Å². The van der Waals surface area contributed by atoms with E-state index in [0.717, 1.165) is 0 Å². The summed E-state index contributed by atoms with van der Waals surface area (Å²) in [5.41, 5.74) is 0.921. The number of aryl methyl sites for hydroxylation is 1. The molecule has 0 radical (unpaired) electrons. The fraction of sp³-hybridized carbons (Fsp3) is 0.174. The van der Waals surface area contributed by atoms with Gasteiger partial charge in [0.2, 0.25) is 0 Å². The van der Waals surface area contributed by atoms with E-state index in [1.165, 1.54) is 17.0 Å². The monoisotopic (exact) mass is 440 g/mol. The first kappa shape index (κ1) is 22.2. The largest absolute Gasteiger partial charge is 0.483 e. The molecule has 0 aliphatic heterocycles. The van der Waals surface area contributed by atoms with E-state index in [2.05, 4.69) is 4.72 Å². The van der Waals surface area contributed by atoms with E-state index in [4.69, 9.17) is 9.47 Å². The Hall–Kier alpha value is -3.52. The van der Waals surface area contributed by atoms with E-state index in [1.807, 2.05) is 18.2 Å². The van der Waals surface area contributed by atoms with Gasteiger partial charge >= 0.3 is 0 Å². The Morgan fingerprint density at radius 3 is 2.29 bits per heavy atom. The number of carbonyl (C=O) groups excluding carboxylic acids is 1. The van der Waals surface area contributed by atoms with E-state index in [9.17, 15) is 13.2 Å². The van der Waals surface area contributed by atoms with Gasteiger partial charge in [-0.2, -0.15) is 0 Å². The second-order valence-electron chi connectivity index (χ2n) is 7.02. The number of rotatable bonds is 8. The summed E-state index contributed by atoms with van der Waals surface area (Å²) in [5, 5.41) is 0. The summed E-state index contributed by atoms with van der Waals surface area (Å²) in [7, 11) is -0.597. The average Bonchev–Trinajstić information content (AvgIpc) is 2.74. The number of anilines is 1. The lowest BCUT2D eigenvalue weighted by Crippen LogP contribution is -2.27. The van der Waals surface area contributed by atoms with Crippen molar-refractivity contribution >= 4 is 21.6 Å². The number of sulfonamides is 1. The van der Waals surface area contributed by atoms with Crippen LogP contribution in [-0.4, -0.2) is 39.9 Å². The van der Waals surface area contributed by atoms with Crippen LogP contribution in [0.2, 0.25) is 0 Å². The molecule has 0 fully saturated rings. The highest BCUT2D eigenvalue weighted by Crippen LogP contribution is 2.31. The van der Waals surface area contributed by atoms with Crippen molar-refractivity contribution in [3.05, 3.63) is 78.4 Å². The van der Waals surface area contributed by atoms with Crippen LogP contribution in [0.15, 0.2) is 77.7 Å². The van der Waals surface area contributed by atoms with Crippen LogP contribution in [0.5, 0.6) is 17.2 Å². The molecule has 0 aliphatic carbocycles. The van der Waals surface area contributed by atoms with Crippen molar-refractivity contribution in [3.63, 3.8) is 0 Å². The summed E-state index contributed by atoms with van der Waals surface area (Å²) >= 11 is 0. The predicted molar refractivity (Wildman–Crippen MR) is 119 cm³/mol. The number of hydrogen-bond donors (Lipinski definition) is 1. The zero-order chi connectivity index (χ0) is 22.4. The number of carbonyl (C=O) groups is 1. The lowest BCUT2D eigenvalue weighted by atomic mass is 10.2. The zero-order valence-corrected chi connectivity index (χ0v) is 18.3. The standard InChI is InChI=1S/C23H24N2O5S/c1-17-15-19(13-14-21(17)29-16-23(26)25(2)3)31(27,28)24-20-11-7-8-12-22(20)30-18-9-5-4-6-10-18/h4-15,24H,16H2,1-3H3. The molecule has 7 nitrogen and oxygen atoms in total. The van der Waals surface area contributed by atoms with E-state index in [-0.39, 0.29) is 17.4 Å². The minimum atomic E-state index is -3.87. The predicted octanol–water partition coefficient (Wildman–Crippen LogP) is 4.06. The van der Waals surface area contributed by atoms with Crippen molar-refractivity contribution in [3.8, 4) is 17.2 Å². The minimum Gasteiger partial charge on any atom is -0.483 e. The molecule has 0 unspecified atom stereocenters. The second kappa shape index (κ2) is 9.53. The summed E-state index contributed by atoms with van der Waals surface area (Å²) < 4.78 is 39.8. The average molecular weight is 441 g/mol. The Balaban J connectivity index is 1.78. The normalized spacial score (nSPS) is 10.9. The van der Waals surface area contributed by atoms with E-state index < -0.39 is 10.0 Å². The summed E-state index contributed by atoms with van der Waals surface area (Å²) in [6, 6.07) is 20.4. The Labute approximate surface area is 182 Å². The number of benzene rings is 3. The van der Waals surface area contributed by atoms with Crippen molar-refractivity contribution in [1.29, 1.82) is 0 Å². The summed E-state index contributed by atoms with van der Waals surface area (Å²) in [6.45, 7) is 1.60. The number of nitrogens with zero attached hydrogens (tertiary/aromatic N) is 1. The first-order chi connectivity index (χ1) is 14.8. The van der Waals surface area contributed by atoms with Crippen molar-refractivity contribution in [2.24, 2.45) is 0 Å². The molecule has 1 amide bonds. The van der Waals surface area contributed by atoms with E-state index in [1.54, 1.807) is 63.5 Å². The van der Waals surface area contributed by atoms with Crippen LogP contribution in [-0.2, 0) is 14.8 Å². The van der Waals surface area contributed by atoms with Gasteiger partial charge in [0.15, 0.2) is 12.4 Å². The van der Waals surface area contributed by atoms with Gasteiger partial charge in [0.1, 0.15) is 11.5 Å². The number of para-hydroxylation sites is 3. The Kier molecular flexibility index (Phi) is 6.81. The molecule has 0 aromatic heterocycles. The Morgan fingerprint density at radius 1 is 0.935 bits per heavy atom. The van der Waals surface area contributed by atoms with Gasteiger partial charge in [0.25, 0.3) is 15.9 Å². The van der Waals surface area contributed by atoms with Crippen molar-refractivity contribution in [2.45, 2.75) is 11.8 Å². The minimum absolute atomic E-state index is 0.0748. The fourth-order valence-corrected chi connectivity index (χ4v) is 3.83. The van der Waals surface area contributed by atoms with Crippen LogP contribution >= 0.6 is 0 Å². The number of likely N-dealkylation sites (N-methyl/N-ethyl adjacent to an activating group) is 1. The topological polar surface area (TPSA) is 84.9 Å². The van der Waals surface area contributed by atoms with Crippen molar-refractivity contribution in [1.82, 2.24) is 4.90 Å². The van der Waals surface area contributed by atoms with Crippen LogP contribution < -0.4 is 14.2 Å². The SMILES string of the molecule is Cc1cc(S(=O)(=O)Nc2ccccc2Oc2ccccc2)ccc1OCC(=O)N(C)C. The quantitative estimate of drug-likeness (QED) is 0.571. The third kappa shape index (κ3) is 5.76. The molecule has 3 rings (SSSR count). The Bertz CT molecular complexity index is 1160. The lowest BCUT2D eigenvalue weighted by molar-refractivity contribution is -0.130. The highest BCUT2D eigenvalue weighted by atomic mass is 32.2. The maximum atomic E-state index is 13.0. The molecule has 0 spiro atoms.